The Morgan fingerprint density at radius 2 is 1.71 bits per heavy atom. The minimum atomic E-state index is -4.05. The number of nitrogens with one attached hydrogen (secondary N) is 2. The van der Waals surface area contributed by atoms with E-state index in [1.54, 1.807) is 7.05 Å². The Kier molecular flexibility index (Phi) is 5.01. The first-order valence-electron chi connectivity index (χ1n) is 8.59. The Morgan fingerprint density at radius 3 is 2.29 bits per heavy atom. The lowest BCUT2D eigenvalue weighted by atomic mass is 9.85. The molecule has 2 atom stereocenters. The van der Waals surface area contributed by atoms with Crippen LogP contribution in [0.2, 0.25) is 0 Å². The summed E-state index contributed by atoms with van der Waals surface area (Å²) in [6, 6.07) is 10.8. The highest BCUT2D eigenvalue weighted by Crippen LogP contribution is 2.41. The predicted molar refractivity (Wildman–Crippen MR) is 89.0 cm³/mol. The molecule has 2 aliphatic carbocycles. The smallest absolute Gasteiger partial charge is 0.354 e. The fraction of sp³-hybridized carbons (Fsp3) is 0.611. The normalized spacial score (nSPS) is 30.8. The number of aliphatic imine (C=N–C) groups is 1. The molecule has 2 unspecified atom stereocenters. The van der Waals surface area contributed by atoms with Crippen molar-refractivity contribution < 1.29 is 13.2 Å². The van der Waals surface area contributed by atoms with Crippen molar-refractivity contribution in [2.45, 2.75) is 56.3 Å². The van der Waals surface area contributed by atoms with Gasteiger partial charge in [0.2, 0.25) is 0 Å². The number of nitrogens with zero attached hydrogens (tertiary/aromatic N) is 1. The summed E-state index contributed by atoms with van der Waals surface area (Å²) < 4.78 is 38.2. The minimum Gasteiger partial charge on any atom is -0.354 e. The van der Waals surface area contributed by atoms with Gasteiger partial charge in [-0.05, 0) is 37.7 Å². The van der Waals surface area contributed by atoms with Crippen LogP contribution in [0, 0.1) is 5.92 Å². The highest BCUT2D eigenvalue weighted by atomic mass is 19.4. The monoisotopic (exact) mass is 339 g/mol. The molecule has 1 aromatic carbocycles. The number of hydrogen-bond acceptors (Lipinski definition) is 1. The molecule has 0 aromatic heterocycles. The second-order valence-corrected chi connectivity index (χ2v) is 6.81. The van der Waals surface area contributed by atoms with Crippen LogP contribution in [0.1, 0.15) is 43.6 Å². The molecule has 24 heavy (non-hydrogen) atoms. The molecular formula is C18H24F3N3. The average molecular weight is 339 g/mol. The van der Waals surface area contributed by atoms with E-state index in [9.17, 15) is 13.2 Å². The Labute approximate surface area is 140 Å². The molecule has 2 fully saturated rings. The summed E-state index contributed by atoms with van der Waals surface area (Å²) in [6.07, 6.45) is -1.51. The van der Waals surface area contributed by atoms with Gasteiger partial charge in [0.15, 0.2) is 5.96 Å². The SMILES string of the molecule is CN=C(NC1CCC(C(F)(F)F)CC1)NC1CC1c1ccccc1. The summed E-state index contributed by atoms with van der Waals surface area (Å²) >= 11 is 0. The summed E-state index contributed by atoms with van der Waals surface area (Å²) in [4.78, 5) is 4.23. The van der Waals surface area contributed by atoms with Gasteiger partial charge in [-0.1, -0.05) is 30.3 Å². The van der Waals surface area contributed by atoms with E-state index in [4.69, 9.17) is 0 Å². The molecule has 3 nitrogen and oxygen atoms in total. The quantitative estimate of drug-likeness (QED) is 0.649. The van der Waals surface area contributed by atoms with Crippen LogP contribution in [0.3, 0.4) is 0 Å². The summed E-state index contributed by atoms with van der Waals surface area (Å²) in [5, 5.41) is 6.69. The van der Waals surface area contributed by atoms with Crippen molar-refractivity contribution in [3.05, 3.63) is 35.9 Å². The molecule has 3 rings (SSSR count). The molecular weight excluding hydrogens is 315 g/mol. The maximum absolute atomic E-state index is 12.7. The van der Waals surface area contributed by atoms with Crippen molar-refractivity contribution in [3.8, 4) is 0 Å². The number of alkyl halides is 3. The maximum atomic E-state index is 12.7. The van der Waals surface area contributed by atoms with Gasteiger partial charge in [-0.15, -0.1) is 0 Å². The van der Waals surface area contributed by atoms with Crippen LogP contribution in [-0.4, -0.2) is 31.3 Å². The molecule has 0 bridgehead atoms. The lowest BCUT2D eigenvalue weighted by Crippen LogP contribution is -2.46. The molecule has 2 saturated carbocycles. The zero-order valence-corrected chi connectivity index (χ0v) is 13.8. The lowest BCUT2D eigenvalue weighted by molar-refractivity contribution is -0.182. The fourth-order valence-corrected chi connectivity index (χ4v) is 3.53. The van der Waals surface area contributed by atoms with E-state index in [2.05, 4.69) is 27.8 Å². The third-order valence-electron chi connectivity index (χ3n) is 5.09. The Balaban J connectivity index is 1.46. The first kappa shape index (κ1) is 17.1. The van der Waals surface area contributed by atoms with Crippen molar-refractivity contribution in [2.75, 3.05) is 7.05 Å². The van der Waals surface area contributed by atoms with Gasteiger partial charge in [-0.3, -0.25) is 4.99 Å². The molecule has 2 aliphatic rings. The van der Waals surface area contributed by atoms with Crippen LogP contribution in [-0.2, 0) is 0 Å². The number of benzene rings is 1. The minimum absolute atomic E-state index is 0.0729. The van der Waals surface area contributed by atoms with Crippen LogP contribution < -0.4 is 10.6 Å². The van der Waals surface area contributed by atoms with Crippen molar-refractivity contribution in [3.63, 3.8) is 0 Å². The average Bonchev–Trinajstić information content (AvgIpc) is 3.34. The number of rotatable bonds is 3. The van der Waals surface area contributed by atoms with Crippen LogP contribution >= 0.6 is 0 Å². The number of guanidine groups is 1. The van der Waals surface area contributed by atoms with E-state index in [-0.39, 0.29) is 18.9 Å². The molecule has 0 saturated heterocycles. The summed E-state index contributed by atoms with van der Waals surface area (Å²) in [6.45, 7) is 0. The van der Waals surface area contributed by atoms with E-state index >= 15 is 0 Å². The van der Waals surface area contributed by atoms with Gasteiger partial charge in [0.1, 0.15) is 0 Å². The van der Waals surface area contributed by atoms with Crippen molar-refractivity contribution in [2.24, 2.45) is 10.9 Å². The van der Waals surface area contributed by atoms with Gasteiger partial charge in [-0.2, -0.15) is 13.2 Å². The van der Waals surface area contributed by atoms with E-state index in [1.165, 1.54) is 5.56 Å². The summed E-state index contributed by atoms with van der Waals surface area (Å²) in [7, 11) is 1.70. The molecule has 132 valence electrons. The Hall–Kier alpha value is -1.72. The highest BCUT2D eigenvalue weighted by Gasteiger charge is 2.42. The largest absolute Gasteiger partial charge is 0.391 e. The predicted octanol–water partition coefficient (Wildman–Crippen LogP) is 3.83. The third kappa shape index (κ3) is 4.22. The van der Waals surface area contributed by atoms with Crippen molar-refractivity contribution in [1.82, 2.24) is 10.6 Å². The van der Waals surface area contributed by atoms with Gasteiger partial charge in [0, 0.05) is 25.0 Å². The first-order valence-corrected chi connectivity index (χ1v) is 8.59. The summed E-state index contributed by atoms with van der Waals surface area (Å²) in [5.74, 6) is 0.0519. The molecule has 6 heteroatoms. The standard InChI is InChI=1S/C18H24F3N3/c1-22-17(23-14-9-7-13(8-10-14)18(19,20)21)24-16-11-15(16)12-5-3-2-4-6-12/h2-6,13-16H,7-11H2,1H3,(H2,22,23,24). The van der Waals surface area contributed by atoms with Crippen molar-refractivity contribution in [1.29, 1.82) is 0 Å². The fourth-order valence-electron chi connectivity index (χ4n) is 3.53. The Morgan fingerprint density at radius 1 is 1.04 bits per heavy atom. The van der Waals surface area contributed by atoms with Crippen LogP contribution in [0.4, 0.5) is 13.2 Å². The number of hydrogen-bond donors (Lipinski definition) is 2. The van der Waals surface area contributed by atoms with Crippen LogP contribution in [0.25, 0.3) is 0 Å². The second kappa shape index (κ2) is 7.03. The zero-order valence-electron chi connectivity index (χ0n) is 13.8. The molecule has 0 heterocycles. The van der Waals surface area contributed by atoms with Crippen LogP contribution in [0.15, 0.2) is 35.3 Å². The van der Waals surface area contributed by atoms with Gasteiger partial charge < -0.3 is 10.6 Å². The number of halogens is 3. The molecule has 0 radical (unpaired) electrons. The molecule has 0 spiro atoms. The molecule has 0 aliphatic heterocycles. The summed E-state index contributed by atoms with van der Waals surface area (Å²) in [5.41, 5.74) is 1.32. The van der Waals surface area contributed by atoms with Gasteiger partial charge in [-0.25, -0.2) is 0 Å². The second-order valence-electron chi connectivity index (χ2n) is 6.81. The van der Waals surface area contributed by atoms with E-state index in [1.807, 2.05) is 18.2 Å². The lowest BCUT2D eigenvalue weighted by Gasteiger charge is -2.31. The molecule has 1 aromatic rings. The Bertz CT molecular complexity index is 563. The van der Waals surface area contributed by atoms with Crippen molar-refractivity contribution >= 4 is 5.96 Å². The van der Waals surface area contributed by atoms with Crippen LogP contribution in [0.5, 0.6) is 0 Å². The highest BCUT2D eigenvalue weighted by molar-refractivity contribution is 5.80. The zero-order chi connectivity index (χ0) is 17.2. The molecule has 2 N–H and O–H groups in total. The third-order valence-corrected chi connectivity index (χ3v) is 5.09. The van der Waals surface area contributed by atoms with Gasteiger partial charge in [0.05, 0.1) is 5.92 Å². The van der Waals surface area contributed by atoms with E-state index < -0.39 is 12.1 Å². The van der Waals surface area contributed by atoms with E-state index in [0.29, 0.717) is 30.8 Å². The van der Waals surface area contributed by atoms with Gasteiger partial charge >= 0.3 is 6.18 Å². The van der Waals surface area contributed by atoms with E-state index in [0.717, 1.165) is 6.42 Å². The first-order chi connectivity index (χ1) is 11.5. The van der Waals surface area contributed by atoms with Gasteiger partial charge in [0.25, 0.3) is 0 Å². The molecule has 0 amide bonds. The topological polar surface area (TPSA) is 36.4 Å². The maximum Gasteiger partial charge on any atom is 0.391 e.